The lowest BCUT2D eigenvalue weighted by molar-refractivity contribution is 0.0205. The van der Waals surface area contributed by atoms with Gasteiger partial charge in [-0.05, 0) is 50.3 Å². The van der Waals surface area contributed by atoms with Gasteiger partial charge in [-0.3, -0.25) is 4.90 Å². The number of hydrogen-bond donors (Lipinski definition) is 1. The van der Waals surface area contributed by atoms with E-state index in [1.807, 2.05) is 12.1 Å². The topological polar surface area (TPSA) is 32.7 Å². The molecule has 3 rings (SSSR count). The minimum absolute atomic E-state index is 0.0368. The molecule has 1 atom stereocenters. The number of benzene rings is 2. The molecule has 3 nitrogen and oxygen atoms in total. The van der Waals surface area contributed by atoms with Crippen LogP contribution in [0.1, 0.15) is 36.8 Å². The molecule has 0 spiro atoms. The van der Waals surface area contributed by atoms with Gasteiger partial charge in [-0.25, -0.2) is 0 Å². The number of rotatable bonds is 8. The van der Waals surface area contributed by atoms with E-state index >= 15 is 0 Å². The van der Waals surface area contributed by atoms with Crippen molar-refractivity contribution in [3.63, 3.8) is 0 Å². The molecule has 2 aromatic carbocycles. The molecule has 1 aliphatic rings. The predicted molar refractivity (Wildman–Crippen MR) is 106 cm³/mol. The van der Waals surface area contributed by atoms with Crippen molar-refractivity contribution in [2.24, 2.45) is 5.41 Å². The van der Waals surface area contributed by atoms with Crippen LogP contribution in [-0.4, -0.2) is 36.8 Å². The molecular weight excluding hydrogens is 322 g/mol. The molecule has 26 heavy (non-hydrogen) atoms. The third-order valence-corrected chi connectivity index (χ3v) is 5.68. The van der Waals surface area contributed by atoms with Gasteiger partial charge < -0.3 is 9.84 Å². The molecule has 0 saturated carbocycles. The molecule has 1 fully saturated rings. The summed E-state index contributed by atoms with van der Waals surface area (Å²) in [4.78, 5) is 2.49. The summed E-state index contributed by atoms with van der Waals surface area (Å²) < 4.78 is 5.50. The summed E-state index contributed by atoms with van der Waals surface area (Å²) in [7, 11) is 1.73. The third kappa shape index (κ3) is 4.87. The van der Waals surface area contributed by atoms with Gasteiger partial charge in [-0.1, -0.05) is 48.5 Å². The number of piperidine rings is 1. The van der Waals surface area contributed by atoms with E-state index in [-0.39, 0.29) is 12.0 Å². The van der Waals surface area contributed by atoms with Gasteiger partial charge in [0, 0.05) is 30.7 Å². The van der Waals surface area contributed by atoms with Gasteiger partial charge in [-0.2, -0.15) is 0 Å². The number of ether oxygens (including phenoxy) is 1. The molecule has 1 unspecified atom stereocenters. The lowest BCUT2D eigenvalue weighted by Crippen LogP contribution is -2.45. The number of aliphatic hydroxyl groups excluding tert-OH is 1. The number of hydrogen-bond acceptors (Lipinski definition) is 3. The lowest BCUT2D eigenvalue weighted by atomic mass is 9.76. The van der Waals surface area contributed by atoms with Gasteiger partial charge in [0.1, 0.15) is 5.75 Å². The van der Waals surface area contributed by atoms with Gasteiger partial charge in [0.05, 0.1) is 7.11 Å². The number of para-hydroxylation sites is 1. The van der Waals surface area contributed by atoms with E-state index in [1.165, 1.54) is 11.1 Å². The second kappa shape index (κ2) is 9.20. The molecule has 1 N–H and O–H groups in total. The summed E-state index contributed by atoms with van der Waals surface area (Å²) in [6, 6.07) is 18.9. The third-order valence-electron chi connectivity index (χ3n) is 5.68. The average molecular weight is 354 g/mol. The second-order valence-corrected chi connectivity index (χ2v) is 7.62. The van der Waals surface area contributed by atoms with Crippen molar-refractivity contribution in [1.82, 2.24) is 4.90 Å². The van der Waals surface area contributed by atoms with Crippen molar-refractivity contribution < 1.29 is 9.84 Å². The Hall–Kier alpha value is -1.84. The average Bonchev–Trinajstić information content (AvgIpc) is 2.69. The maximum absolute atomic E-state index is 10.2. The van der Waals surface area contributed by atoms with E-state index in [0.717, 1.165) is 57.5 Å². The maximum atomic E-state index is 10.2. The standard InChI is InChI=1S/C23H31NO2/c1-26-22-13-6-5-12-21(22)17-24-16-8-15-23(18-24,19-25)14-7-11-20-9-3-2-4-10-20/h2-6,9-10,12-13,25H,7-8,11,14-19H2,1H3. The van der Waals surface area contributed by atoms with Crippen LogP contribution in [0.4, 0.5) is 0 Å². The zero-order valence-corrected chi connectivity index (χ0v) is 15.9. The van der Waals surface area contributed by atoms with E-state index in [1.54, 1.807) is 7.11 Å². The summed E-state index contributed by atoms with van der Waals surface area (Å²) in [5, 5.41) is 10.2. The Bertz CT molecular complexity index is 673. The Balaban J connectivity index is 1.59. The van der Waals surface area contributed by atoms with Gasteiger partial charge in [0.2, 0.25) is 0 Å². The van der Waals surface area contributed by atoms with Crippen molar-refractivity contribution in [3.8, 4) is 5.75 Å². The Labute approximate surface area is 157 Å². The van der Waals surface area contributed by atoms with Crippen molar-refractivity contribution in [2.45, 2.75) is 38.6 Å². The normalized spacial score (nSPS) is 20.8. The van der Waals surface area contributed by atoms with E-state index in [2.05, 4.69) is 47.4 Å². The molecular formula is C23H31NO2. The van der Waals surface area contributed by atoms with Crippen LogP contribution in [0.25, 0.3) is 0 Å². The van der Waals surface area contributed by atoms with Crippen LogP contribution in [0.2, 0.25) is 0 Å². The molecule has 0 aromatic heterocycles. The van der Waals surface area contributed by atoms with Crippen LogP contribution in [0.5, 0.6) is 5.75 Å². The van der Waals surface area contributed by atoms with Crippen LogP contribution >= 0.6 is 0 Å². The fourth-order valence-electron chi connectivity index (χ4n) is 4.24. The molecule has 2 aromatic rings. The number of aryl methyl sites for hydroxylation is 1. The lowest BCUT2D eigenvalue weighted by Gasteiger charge is -2.42. The van der Waals surface area contributed by atoms with E-state index in [0.29, 0.717) is 0 Å². The first-order chi connectivity index (χ1) is 12.7. The second-order valence-electron chi connectivity index (χ2n) is 7.62. The highest BCUT2D eigenvalue weighted by Crippen LogP contribution is 2.36. The molecule has 1 saturated heterocycles. The number of nitrogens with zero attached hydrogens (tertiary/aromatic N) is 1. The Morgan fingerprint density at radius 2 is 1.85 bits per heavy atom. The van der Waals surface area contributed by atoms with Crippen LogP contribution < -0.4 is 4.74 Å². The summed E-state index contributed by atoms with van der Waals surface area (Å²) in [5.41, 5.74) is 2.66. The predicted octanol–water partition coefficient (Wildman–Crippen LogP) is 4.29. The Kier molecular flexibility index (Phi) is 6.70. The SMILES string of the molecule is COc1ccccc1CN1CCCC(CO)(CCCc2ccccc2)C1. The van der Waals surface area contributed by atoms with Crippen molar-refractivity contribution in [3.05, 3.63) is 65.7 Å². The maximum Gasteiger partial charge on any atom is 0.123 e. The van der Waals surface area contributed by atoms with Crippen LogP contribution in [0.15, 0.2) is 54.6 Å². The largest absolute Gasteiger partial charge is 0.496 e. The van der Waals surface area contributed by atoms with Gasteiger partial charge in [-0.15, -0.1) is 0 Å². The number of aliphatic hydroxyl groups is 1. The summed E-state index contributed by atoms with van der Waals surface area (Å²) in [6.07, 6.45) is 5.59. The number of likely N-dealkylation sites (tertiary alicyclic amines) is 1. The summed E-state index contributed by atoms with van der Waals surface area (Å²) in [6.45, 7) is 3.24. The first-order valence-electron chi connectivity index (χ1n) is 9.74. The zero-order chi connectivity index (χ0) is 18.2. The zero-order valence-electron chi connectivity index (χ0n) is 15.9. The van der Waals surface area contributed by atoms with E-state index < -0.39 is 0 Å². The van der Waals surface area contributed by atoms with Gasteiger partial charge in [0.15, 0.2) is 0 Å². The minimum atomic E-state index is 0.0368. The Morgan fingerprint density at radius 3 is 2.62 bits per heavy atom. The first kappa shape index (κ1) is 18.9. The molecule has 1 aliphatic heterocycles. The summed E-state index contributed by atoms with van der Waals surface area (Å²) >= 11 is 0. The monoisotopic (exact) mass is 353 g/mol. The Morgan fingerprint density at radius 1 is 1.08 bits per heavy atom. The highest BCUT2D eigenvalue weighted by atomic mass is 16.5. The summed E-state index contributed by atoms with van der Waals surface area (Å²) in [5.74, 6) is 0.955. The molecule has 140 valence electrons. The smallest absolute Gasteiger partial charge is 0.123 e. The molecule has 0 bridgehead atoms. The van der Waals surface area contributed by atoms with Crippen LogP contribution in [0, 0.1) is 5.41 Å². The molecule has 3 heteroatoms. The van der Waals surface area contributed by atoms with Gasteiger partial charge in [0.25, 0.3) is 0 Å². The van der Waals surface area contributed by atoms with Crippen molar-refractivity contribution in [2.75, 3.05) is 26.8 Å². The van der Waals surface area contributed by atoms with Crippen LogP contribution in [-0.2, 0) is 13.0 Å². The fourth-order valence-corrected chi connectivity index (χ4v) is 4.24. The number of methoxy groups -OCH3 is 1. The van der Waals surface area contributed by atoms with Crippen molar-refractivity contribution >= 4 is 0 Å². The van der Waals surface area contributed by atoms with Gasteiger partial charge >= 0.3 is 0 Å². The fraction of sp³-hybridized carbons (Fsp3) is 0.478. The molecule has 0 amide bonds. The molecule has 0 aliphatic carbocycles. The quantitative estimate of drug-likeness (QED) is 0.768. The van der Waals surface area contributed by atoms with Crippen molar-refractivity contribution in [1.29, 1.82) is 0 Å². The molecule has 0 radical (unpaired) electrons. The molecule has 1 heterocycles. The highest BCUT2D eigenvalue weighted by Gasteiger charge is 2.34. The van der Waals surface area contributed by atoms with E-state index in [9.17, 15) is 5.11 Å². The van der Waals surface area contributed by atoms with Crippen LogP contribution in [0.3, 0.4) is 0 Å². The highest BCUT2D eigenvalue weighted by molar-refractivity contribution is 5.33. The minimum Gasteiger partial charge on any atom is -0.496 e. The van der Waals surface area contributed by atoms with E-state index in [4.69, 9.17) is 4.74 Å². The first-order valence-corrected chi connectivity index (χ1v) is 9.74.